The molecule has 0 bridgehead atoms. The molecule has 0 saturated heterocycles. The Labute approximate surface area is 100 Å². The van der Waals surface area contributed by atoms with Gasteiger partial charge in [0.2, 0.25) is 0 Å². The lowest BCUT2D eigenvalue weighted by Crippen LogP contribution is -1.86. The molecule has 0 amide bonds. The van der Waals surface area contributed by atoms with Crippen LogP contribution in [0.2, 0.25) is 0 Å². The number of methoxy groups -OCH3 is 1. The molecule has 1 aromatic carbocycles. The lowest BCUT2D eigenvalue weighted by atomic mass is 10.2. The first-order valence-corrected chi connectivity index (χ1v) is 6.03. The summed E-state index contributed by atoms with van der Waals surface area (Å²) in [5.74, 6) is 0.914. The van der Waals surface area contributed by atoms with E-state index >= 15 is 0 Å². The normalized spacial score (nSPS) is 11.5. The van der Waals surface area contributed by atoms with Gasteiger partial charge in [-0.3, -0.25) is 0 Å². The van der Waals surface area contributed by atoms with Crippen molar-refractivity contribution in [3.63, 3.8) is 0 Å². The van der Waals surface area contributed by atoms with Crippen LogP contribution < -0.4 is 4.74 Å². The zero-order valence-corrected chi connectivity index (χ0v) is 11.0. The van der Waals surface area contributed by atoms with Gasteiger partial charge < -0.3 is 4.74 Å². The SMILES string of the molecule is COc1ccccc1/C=C(\I)CBr. The summed E-state index contributed by atoms with van der Waals surface area (Å²) >= 11 is 5.70. The van der Waals surface area contributed by atoms with Crippen molar-refractivity contribution in [1.29, 1.82) is 0 Å². The van der Waals surface area contributed by atoms with Crippen LogP contribution in [0.1, 0.15) is 5.56 Å². The maximum absolute atomic E-state index is 5.23. The summed E-state index contributed by atoms with van der Waals surface area (Å²) in [7, 11) is 1.69. The topological polar surface area (TPSA) is 9.23 Å². The number of ether oxygens (including phenoxy) is 1. The van der Waals surface area contributed by atoms with Gasteiger partial charge in [-0.05, 0) is 34.7 Å². The molecule has 0 aliphatic rings. The minimum absolute atomic E-state index is 0.881. The molecule has 1 nitrogen and oxygen atoms in total. The molecule has 0 aromatic heterocycles. The molecule has 0 heterocycles. The molecule has 70 valence electrons. The highest BCUT2D eigenvalue weighted by Crippen LogP contribution is 2.22. The van der Waals surface area contributed by atoms with Crippen LogP contribution in [0.4, 0.5) is 0 Å². The predicted molar refractivity (Wildman–Crippen MR) is 68.8 cm³/mol. The van der Waals surface area contributed by atoms with Gasteiger partial charge in [0, 0.05) is 14.5 Å². The maximum atomic E-state index is 5.23. The van der Waals surface area contributed by atoms with Gasteiger partial charge in [-0.2, -0.15) is 0 Å². The standard InChI is InChI=1S/C10H10BrIO/c1-13-10-5-3-2-4-8(10)6-9(12)7-11/h2-6H,7H2,1H3/b9-6-. The first-order chi connectivity index (χ1) is 6.27. The van der Waals surface area contributed by atoms with Crippen molar-refractivity contribution in [3.05, 3.63) is 33.4 Å². The average molecular weight is 353 g/mol. The molecule has 0 radical (unpaired) electrons. The number of halogens is 2. The highest BCUT2D eigenvalue weighted by molar-refractivity contribution is 14.1. The molecule has 1 aromatic rings. The van der Waals surface area contributed by atoms with Gasteiger partial charge in [-0.1, -0.05) is 34.1 Å². The molecule has 0 spiro atoms. The third-order valence-electron chi connectivity index (χ3n) is 1.58. The van der Waals surface area contributed by atoms with Crippen molar-refractivity contribution < 1.29 is 4.74 Å². The van der Waals surface area contributed by atoms with Crippen molar-refractivity contribution >= 4 is 44.6 Å². The zero-order chi connectivity index (χ0) is 9.68. The molecule has 0 aliphatic carbocycles. The Bertz CT molecular complexity index is 310. The molecule has 13 heavy (non-hydrogen) atoms. The zero-order valence-electron chi connectivity index (χ0n) is 7.26. The summed E-state index contributed by atoms with van der Waals surface area (Å²) in [6.45, 7) is 0. The number of hydrogen-bond donors (Lipinski definition) is 0. The lowest BCUT2D eigenvalue weighted by Gasteiger charge is -2.03. The van der Waals surface area contributed by atoms with Crippen LogP contribution in [0.15, 0.2) is 27.8 Å². The molecule has 0 unspecified atom stereocenters. The highest BCUT2D eigenvalue weighted by Gasteiger charge is 1.98. The van der Waals surface area contributed by atoms with E-state index in [0.717, 1.165) is 16.6 Å². The van der Waals surface area contributed by atoms with E-state index in [9.17, 15) is 0 Å². The first-order valence-electron chi connectivity index (χ1n) is 3.83. The van der Waals surface area contributed by atoms with Crippen LogP contribution in [0, 0.1) is 0 Å². The van der Waals surface area contributed by atoms with Gasteiger partial charge in [-0.15, -0.1) is 0 Å². The average Bonchev–Trinajstić information content (AvgIpc) is 2.18. The van der Waals surface area contributed by atoms with E-state index in [1.54, 1.807) is 7.11 Å². The van der Waals surface area contributed by atoms with Gasteiger partial charge in [0.25, 0.3) is 0 Å². The quantitative estimate of drug-likeness (QED) is 0.592. The lowest BCUT2D eigenvalue weighted by molar-refractivity contribution is 0.414. The summed E-state index contributed by atoms with van der Waals surface area (Å²) < 4.78 is 6.48. The Kier molecular flexibility index (Phi) is 4.80. The van der Waals surface area contributed by atoms with E-state index in [1.165, 1.54) is 3.58 Å². The van der Waals surface area contributed by atoms with Gasteiger partial charge in [-0.25, -0.2) is 0 Å². The molecule has 1 rings (SSSR count). The van der Waals surface area contributed by atoms with Crippen molar-refractivity contribution in [1.82, 2.24) is 0 Å². The largest absolute Gasteiger partial charge is 0.496 e. The van der Waals surface area contributed by atoms with Gasteiger partial charge in [0.05, 0.1) is 7.11 Å². The van der Waals surface area contributed by atoms with Gasteiger partial charge in [0.1, 0.15) is 5.75 Å². The van der Waals surface area contributed by atoms with E-state index in [1.807, 2.05) is 24.3 Å². The van der Waals surface area contributed by atoms with E-state index in [4.69, 9.17) is 4.74 Å². The molecule has 3 heteroatoms. The van der Waals surface area contributed by atoms with E-state index in [0.29, 0.717) is 0 Å². The summed E-state index contributed by atoms with van der Waals surface area (Å²) in [4.78, 5) is 0. The van der Waals surface area contributed by atoms with Crippen LogP contribution >= 0.6 is 38.5 Å². The van der Waals surface area contributed by atoms with Crippen LogP contribution in [-0.4, -0.2) is 12.4 Å². The summed E-state index contributed by atoms with van der Waals surface area (Å²) in [5, 5.41) is 0.881. The molecule has 0 aliphatic heterocycles. The van der Waals surface area contributed by atoms with E-state index < -0.39 is 0 Å². The highest BCUT2D eigenvalue weighted by atomic mass is 127. The van der Waals surface area contributed by atoms with Crippen LogP contribution in [0.3, 0.4) is 0 Å². The second-order valence-electron chi connectivity index (χ2n) is 2.47. The third-order valence-corrected chi connectivity index (χ3v) is 3.92. The number of alkyl halides is 1. The van der Waals surface area contributed by atoms with Gasteiger partial charge >= 0.3 is 0 Å². The predicted octanol–water partition coefficient (Wildman–Crippen LogP) is 3.87. The Balaban J connectivity index is 2.99. The third kappa shape index (κ3) is 3.31. The Morgan fingerprint density at radius 1 is 1.54 bits per heavy atom. The van der Waals surface area contributed by atoms with Crippen molar-refractivity contribution in [2.75, 3.05) is 12.4 Å². The van der Waals surface area contributed by atoms with Crippen molar-refractivity contribution in [3.8, 4) is 5.75 Å². The molecular formula is C10H10BrIO. The van der Waals surface area contributed by atoms with E-state index in [2.05, 4.69) is 44.6 Å². The number of allylic oxidation sites excluding steroid dienone is 1. The summed E-state index contributed by atoms with van der Waals surface area (Å²) in [6.07, 6.45) is 2.11. The van der Waals surface area contributed by atoms with Crippen molar-refractivity contribution in [2.45, 2.75) is 0 Å². The van der Waals surface area contributed by atoms with Crippen LogP contribution in [0.5, 0.6) is 5.75 Å². The molecule has 0 atom stereocenters. The Morgan fingerprint density at radius 3 is 2.85 bits per heavy atom. The smallest absolute Gasteiger partial charge is 0.126 e. The maximum Gasteiger partial charge on any atom is 0.126 e. The van der Waals surface area contributed by atoms with Gasteiger partial charge in [0.15, 0.2) is 0 Å². The molecule has 0 N–H and O–H groups in total. The minimum Gasteiger partial charge on any atom is -0.496 e. The fraction of sp³-hybridized carbons (Fsp3) is 0.200. The Morgan fingerprint density at radius 2 is 2.23 bits per heavy atom. The minimum atomic E-state index is 0.881. The van der Waals surface area contributed by atoms with Crippen molar-refractivity contribution in [2.24, 2.45) is 0 Å². The van der Waals surface area contributed by atoms with Crippen LogP contribution in [0.25, 0.3) is 6.08 Å². The number of benzene rings is 1. The van der Waals surface area contributed by atoms with Crippen LogP contribution in [-0.2, 0) is 0 Å². The second kappa shape index (κ2) is 5.65. The number of rotatable bonds is 3. The summed E-state index contributed by atoms with van der Waals surface area (Å²) in [6, 6.07) is 7.98. The molecular weight excluding hydrogens is 343 g/mol. The molecule has 0 saturated carbocycles. The Hall–Kier alpha value is -0.0300. The number of para-hydroxylation sites is 1. The number of hydrogen-bond acceptors (Lipinski definition) is 1. The summed E-state index contributed by atoms with van der Waals surface area (Å²) in [5.41, 5.74) is 1.12. The molecule has 0 fully saturated rings. The first kappa shape index (κ1) is 11.0. The monoisotopic (exact) mass is 352 g/mol. The fourth-order valence-corrected chi connectivity index (χ4v) is 1.49. The van der Waals surface area contributed by atoms with E-state index in [-0.39, 0.29) is 0 Å². The second-order valence-corrected chi connectivity index (χ2v) is 4.41. The fourth-order valence-electron chi connectivity index (χ4n) is 0.993.